The van der Waals surface area contributed by atoms with Gasteiger partial charge in [0.05, 0.1) is 0 Å². The smallest absolute Gasteiger partial charge is 0.408 e. The molecule has 0 radical (unpaired) electrons. The van der Waals surface area contributed by atoms with Gasteiger partial charge in [0.15, 0.2) is 0 Å². The molecule has 0 saturated heterocycles. The molecule has 0 heterocycles. The number of hydrogen-bond acceptors (Lipinski definition) is 5. The minimum atomic E-state index is -1.33. The number of nitrogens with one attached hydrogen (secondary N) is 1. The number of carbonyl (C=O) groups is 2. The lowest BCUT2D eigenvalue weighted by Crippen LogP contribution is -2.55. The van der Waals surface area contributed by atoms with Gasteiger partial charge in [0, 0.05) is 13.0 Å². The molecule has 0 saturated carbocycles. The van der Waals surface area contributed by atoms with Gasteiger partial charge in [-0.1, -0.05) is 0 Å². The van der Waals surface area contributed by atoms with Crippen molar-refractivity contribution in [1.29, 1.82) is 0 Å². The minimum absolute atomic E-state index is 0.0428. The molecule has 20 heavy (non-hydrogen) atoms. The predicted octanol–water partition coefficient (Wildman–Crippen LogP) is 1.99. The van der Waals surface area contributed by atoms with Crippen LogP contribution >= 0.6 is 0 Å². The van der Waals surface area contributed by atoms with Gasteiger partial charge in [0.2, 0.25) is 0 Å². The summed E-state index contributed by atoms with van der Waals surface area (Å²) in [5, 5.41) is 11.6. The Balaban J connectivity index is 4.92. The van der Waals surface area contributed by atoms with Crippen LogP contribution in [0, 0.1) is 0 Å². The van der Waals surface area contributed by atoms with Gasteiger partial charge in [-0.3, -0.25) is 0 Å². The first kappa shape index (κ1) is 18.7. The third-order valence-corrected chi connectivity index (χ3v) is 2.24. The fourth-order valence-corrected chi connectivity index (χ4v) is 1.36. The summed E-state index contributed by atoms with van der Waals surface area (Å²) in [5.41, 5.74) is -2.67. The van der Waals surface area contributed by atoms with Crippen LogP contribution in [0.3, 0.4) is 0 Å². The summed E-state index contributed by atoms with van der Waals surface area (Å²) in [4.78, 5) is 24.0. The van der Waals surface area contributed by atoms with Crippen LogP contribution < -0.4 is 5.32 Å². The lowest BCUT2D eigenvalue weighted by molar-refractivity contribution is -0.163. The maximum atomic E-state index is 12.2. The van der Waals surface area contributed by atoms with E-state index in [2.05, 4.69) is 5.32 Å². The number of aliphatic hydroxyl groups excluding tert-OH is 1. The van der Waals surface area contributed by atoms with Gasteiger partial charge in [0.1, 0.15) is 16.7 Å². The zero-order chi connectivity index (χ0) is 16.2. The molecule has 6 heteroatoms. The van der Waals surface area contributed by atoms with E-state index in [1.807, 2.05) is 0 Å². The average Bonchev–Trinajstić information content (AvgIpc) is 2.10. The largest absolute Gasteiger partial charge is 0.458 e. The second-order valence-corrected chi connectivity index (χ2v) is 6.93. The van der Waals surface area contributed by atoms with E-state index in [4.69, 9.17) is 14.6 Å². The Morgan fingerprint density at radius 1 is 0.950 bits per heavy atom. The zero-order valence-corrected chi connectivity index (χ0v) is 13.5. The average molecular weight is 289 g/mol. The Bertz CT molecular complexity index is 354. The molecule has 0 aromatic rings. The molecule has 0 bridgehead atoms. The number of esters is 1. The van der Waals surface area contributed by atoms with Crippen LogP contribution in [-0.4, -0.2) is 40.5 Å². The number of carbonyl (C=O) groups excluding carboxylic acids is 2. The molecule has 0 aliphatic carbocycles. The quantitative estimate of drug-likeness (QED) is 0.773. The van der Waals surface area contributed by atoms with E-state index in [0.29, 0.717) is 0 Å². The van der Waals surface area contributed by atoms with E-state index in [9.17, 15) is 9.59 Å². The number of aliphatic hydroxyl groups is 1. The van der Waals surface area contributed by atoms with Crippen LogP contribution in [-0.2, 0) is 14.3 Å². The predicted molar refractivity (Wildman–Crippen MR) is 75.3 cm³/mol. The Kier molecular flexibility index (Phi) is 6.02. The minimum Gasteiger partial charge on any atom is -0.458 e. The molecule has 0 aromatic carbocycles. The fraction of sp³-hybridized carbons (Fsp3) is 0.857. The number of amides is 1. The molecule has 0 rings (SSSR count). The van der Waals surface area contributed by atoms with Crippen molar-refractivity contribution in [2.24, 2.45) is 0 Å². The molecule has 118 valence electrons. The number of hydrogen-bond donors (Lipinski definition) is 2. The van der Waals surface area contributed by atoms with Crippen molar-refractivity contribution >= 4 is 12.1 Å². The van der Waals surface area contributed by atoms with Crippen LogP contribution in [0.5, 0.6) is 0 Å². The van der Waals surface area contributed by atoms with E-state index < -0.39 is 28.8 Å². The third-order valence-electron chi connectivity index (χ3n) is 2.24. The third kappa shape index (κ3) is 7.33. The van der Waals surface area contributed by atoms with E-state index in [-0.39, 0.29) is 13.0 Å². The summed E-state index contributed by atoms with van der Waals surface area (Å²) in [5.74, 6) is -0.607. The molecule has 0 spiro atoms. The number of ether oxygens (including phenoxy) is 2. The van der Waals surface area contributed by atoms with Gasteiger partial charge >= 0.3 is 12.1 Å². The summed E-state index contributed by atoms with van der Waals surface area (Å²) in [6.45, 7) is 11.6. The number of rotatable bonds is 4. The highest BCUT2D eigenvalue weighted by Crippen LogP contribution is 2.18. The van der Waals surface area contributed by atoms with Gasteiger partial charge in [0.25, 0.3) is 0 Å². The lowest BCUT2D eigenvalue weighted by Gasteiger charge is -2.32. The molecular formula is C14H27NO5. The highest BCUT2D eigenvalue weighted by Gasteiger charge is 2.39. The van der Waals surface area contributed by atoms with Crippen molar-refractivity contribution in [3.8, 4) is 0 Å². The molecule has 2 N–H and O–H groups in total. The molecule has 6 nitrogen and oxygen atoms in total. The second kappa shape index (κ2) is 6.43. The molecule has 0 unspecified atom stereocenters. The summed E-state index contributed by atoms with van der Waals surface area (Å²) < 4.78 is 10.4. The summed E-state index contributed by atoms with van der Waals surface area (Å²) in [7, 11) is 0. The molecular weight excluding hydrogens is 262 g/mol. The van der Waals surface area contributed by atoms with E-state index in [1.54, 1.807) is 41.5 Å². The lowest BCUT2D eigenvalue weighted by atomic mass is 9.98. The van der Waals surface area contributed by atoms with Gasteiger partial charge in [-0.15, -0.1) is 0 Å². The maximum Gasteiger partial charge on any atom is 0.408 e. The summed E-state index contributed by atoms with van der Waals surface area (Å²) >= 11 is 0. The van der Waals surface area contributed by atoms with Crippen molar-refractivity contribution in [2.75, 3.05) is 6.61 Å². The Labute approximate surface area is 120 Å². The first-order chi connectivity index (χ1) is 8.79. The van der Waals surface area contributed by atoms with Crippen molar-refractivity contribution < 1.29 is 24.2 Å². The van der Waals surface area contributed by atoms with E-state index in [0.717, 1.165) is 0 Å². The van der Waals surface area contributed by atoms with Crippen LogP contribution in [0.4, 0.5) is 4.79 Å². The maximum absolute atomic E-state index is 12.2. The van der Waals surface area contributed by atoms with Crippen molar-refractivity contribution in [1.82, 2.24) is 5.32 Å². The Hall–Kier alpha value is -1.30. The Morgan fingerprint density at radius 2 is 1.40 bits per heavy atom. The van der Waals surface area contributed by atoms with Gasteiger partial charge < -0.3 is 19.9 Å². The normalized spacial score (nSPS) is 15.2. The highest BCUT2D eigenvalue weighted by atomic mass is 16.6. The SMILES string of the molecule is CC(C)(C)OC(=O)N[C@@](C)(CCO)C(=O)OC(C)(C)C. The molecule has 0 aromatic heterocycles. The molecule has 0 fully saturated rings. The van der Waals surface area contributed by atoms with E-state index in [1.165, 1.54) is 6.92 Å². The monoisotopic (exact) mass is 289 g/mol. The van der Waals surface area contributed by atoms with Crippen molar-refractivity contribution in [3.05, 3.63) is 0 Å². The highest BCUT2D eigenvalue weighted by molar-refractivity contribution is 5.85. The first-order valence-electron chi connectivity index (χ1n) is 6.64. The summed E-state index contributed by atoms with van der Waals surface area (Å²) in [6, 6.07) is 0. The van der Waals surface area contributed by atoms with Crippen LogP contribution in [0.25, 0.3) is 0 Å². The van der Waals surface area contributed by atoms with Crippen LogP contribution in [0.15, 0.2) is 0 Å². The van der Waals surface area contributed by atoms with Crippen molar-refractivity contribution in [2.45, 2.75) is 71.6 Å². The standard InChI is InChI=1S/C14H27NO5/c1-12(2,3)19-10(17)14(7,8-9-16)15-11(18)20-13(4,5)6/h16H,8-9H2,1-7H3,(H,15,18)/t14-/m0/s1. The Morgan fingerprint density at radius 3 is 1.75 bits per heavy atom. The fourth-order valence-electron chi connectivity index (χ4n) is 1.36. The van der Waals surface area contributed by atoms with Gasteiger partial charge in [-0.2, -0.15) is 0 Å². The first-order valence-corrected chi connectivity index (χ1v) is 6.64. The zero-order valence-electron chi connectivity index (χ0n) is 13.5. The number of alkyl carbamates (subject to hydrolysis) is 1. The van der Waals surface area contributed by atoms with Crippen molar-refractivity contribution in [3.63, 3.8) is 0 Å². The van der Waals surface area contributed by atoms with Crippen LogP contribution in [0.1, 0.15) is 54.9 Å². The molecule has 0 aliphatic rings. The van der Waals surface area contributed by atoms with E-state index >= 15 is 0 Å². The van der Waals surface area contributed by atoms with Gasteiger partial charge in [-0.25, -0.2) is 9.59 Å². The molecule has 0 aliphatic heterocycles. The van der Waals surface area contributed by atoms with Crippen LogP contribution in [0.2, 0.25) is 0 Å². The second-order valence-electron chi connectivity index (χ2n) is 6.93. The molecule has 1 amide bonds. The molecule has 1 atom stereocenters. The van der Waals surface area contributed by atoms with Gasteiger partial charge in [-0.05, 0) is 48.5 Å². The topological polar surface area (TPSA) is 84.9 Å². The summed E-state index contributed by atoms with van der Waals surface area (Å²) in [6.07, 6.45) is -0.680.